The second kappa shape index (κ2) is 19.3. The van der Waals surface area contributed by atoms with Crippen LogP contribution in [0.3, 0.4) is 0 Å². The summed E-state index contributed by atoms with van der Waals surface area (Å²) in [6.45, 7) is -0.681. The molecule has 12 atom stereocenters. The lowest BCUT2D eigenvalue weighted by molar-refractivity contribution is -0.0718. The fourth-order valence-corrected chi connectivity index (χ4v) is 12.0. The number of imidazole rings is 2. The molecule has 67 heavy (non-hydrogen) atoms. The molecule has 41 heteroatoms. The fourth-order valence-electron chi connectivity index (χ4n) is 5.95. The Kier molecular flexibility index (Phi) is 15.7. The smallest absolute Gasteiger partial charge is 0.397 e. The van der Waals surface area contributed by atoms with Gasteiger partial charge in [0.2, 0.25) is 0 Å². The van der Waals surface area contributed by atoms with Crippen LogP contribution in [0.4, 0.5) is 5.69 Å². The Bertz CT molecular complexity index is 2980. The first-order valence-electron chi connectivity index (χ1n) is 17.2. The van der Waals surface area contributed by atoms with E-state index < -0.39 is 114 Å². The van der Waals surface area contributed by atoms with Crippen molar-refractivity contribution < 1.29 is 123 Å². The second-order valence-electron chi connectivity index (χ2n) is 13.4. The van der Waals surface area contributed by atoms with Gasteiger partial charge in [0.25, 0.3) is 5.56 Å². The van der Waals surface area contributed by atoms with Crippen molar-refractivity contribution >= 4 is 75.0 Å². The van der Waals surface area contributed by atoms with Gasteiger partial charge in [-0.2, -0.15) is 17.2 Å². The van der Waals surface area contributed by atoms with Gasteiger partial charge in [0, 0.05) is 6.20 Å². The number of pyridine rings is 1. The van der Waals surface area contributed by atoms with Crippen LogP contribution in [0.15, 0.2) is 29.7 Å². The molecule has 4 unspecified atom stereocenters. The van der Waals surface area contributed by atoms with Crippen LogP contribution in [0.25, 0.3) is 22.3 Å². The Balaban J connectivity index is 0.000000251. The molecule has 2 aliphatic heterocycles. The van der Waals surface area contributed by atoms with E-state index in [0.717, 1.165) is 15.5 Å². The van der Waals surface area contributed by atoms with Gasteiger partial charge in [0.05, 0.1) is 31.6 Å². The third-order valence-corrected chi connectivity index (χ3v) is 16.2. The molecule has 2 fully saturated rings. The first kappa shape index (κ1) is 54.4. The molecule has 0 aromatic carbocycles. The van der Waals surface area contributed by atoms with Crippen LogP contribution >= 0.6 is 46.9 Å². The van der Waals surface area contributed by atoms with Gasteiger partial charge in [0.15, 0.2) is 40.5 Å². The maximum Gasteiger partial charge on any atom is 0.490 e. The largest absolute Gasteiger partial charge is 0.490 e. The van der Waals surface area contributed by atoms with E-state index in [2.05, 4.69) is 51.2 Å². The number of nitrogens with zero attached hydrogens (tertiary/aromatic N) is 6. The van der Waals surface area contributed by atoms with Crippen LogP contribution in [-0.4, -0.2) is 142 Å². The summed E-state index contributed by atoms with van der Waals surface area (Å²) in [5.74, 6) is 4.06. The average Bonchev–Trinajstić information content (AvgIpc) is 3.90. The van der Waals surface area contributed by atoms with Gasteiger partial charge >= 0.3 is 46.9 Å². The first-order valence-corrected chi connectivity index (χ1v) is 26.2. The number of hydrogen-bond acceptors (Lipinski definition) is 24. The van der Waals surface area contributed by atoms with Crippen LogP contribution in [0.5, 0.6) is 0 Å². The Hall–Kier alpha value is -3.53. The van der Waals surface area contributed by atoms with Crippen molar-refractivity contribution in [1.82, 2.24) is 34.1 Å². The topological polar surface area (TPSA) is 539 Å². The van der Waals surface area contributed by atoms with Gasteiger partial charge < -0.3 is 79.8 Å². The van der Waals surface area contributed by atoms with E-state index in [1.807, 2.05) is 11.8 Å². The summed E-state index contributed by atoms with van der Waals surface area (Å²) in [6.07, 6.45) is 3.88. The van der Waals surface area contributed by atoms with Crippen LogP contribution in [0, 0.1) is 31.6 Å². The molecule has 6 heterocycles. The van der Waals surface area contributed by atoms with Gasteiger partial charge in [-0.05, 0) is 13.0 Å². The van der Waals surface area contributed by atoms with E-state index in [-0.39, 0.29) is 33.8 Å². The molecule has 0 spiro atoms. The summed E-state index contributed by atoms with van der Waals surface area (Å²) in [5, 5.41) is 42.6. The number of aliphatic hydroxyl groups excluding tert-OH is 2. The van der Waals surface area contributed by atoms with Crippen LogP contribution in [0.1, 0.15) is 18.3 Å². The van der Waals surface area contributed by atoms with E-state index in [9.17, 15) is 72.2 Å². The highest BCUT2D eigenvalue weighted by atomic mass is 31.3. The molecule has 370 valence electrons. The number of H-pyrrole nitrogens is 1. The number of aromatic amines is 1. The standard InChI is InChI=1S/C13H17N4O14P3.C13H17N4O13P3/c1-3-13(20)9(18)7(4-28-33(24,25)31-34(26,27)30-32(21,22)23)29-12(13)17-5-14-8-10(17)15-6(2)16-11(8)19;1-2-13(19)10(18)8(5-27-32(23,24)30-33(25,26)29-31(20,21)22)28-12(13)17-6-16-9-7(14)3-4-15-11(9)17/h1,5,7,9,12,18,20H,4H2,2H3,(H,24,25)(H,26,27)(H,15,16,19)(H2,21,22,23);1,3-4,6,8,10,12,18-19H,5H2,(H2,14,15)(H,23,24)(H,25,26)(H2,20,21,22)/t7-,9-,12-,13-;8-,10-,12-,13-/m11/s1. The highest BCUT2D eigenvalue weighted by molar-refractivity contribution is 7.67. The van der Waals surface area contributed by atoms with E-state index in [0.29, 0.717) is 0 Å². The van der Waals surface area contributed by atoms with E-state index in [1.165, 1.54) is 25.5 Å². The summed E-state index contributed by atoms with van der Waals surface area (Å²) in [6, 6.07) is 1.46. The molecule has 2 saturated heterocycles. The SMILES string of the molecule is C#C[C@@]1(O)[C@H](O)[C@@H](COP(=O)(O)OP(=O)(O)OP(=O)(O)O)O[C@H]1n1cnc2c(=O)[nH]c(C)nc21.C#C[C@@]1(O)[C@H](O)[C@@H](COP(=O)(O)OP(=O)(O)OP(=O)(O)O)O[C@H]1n1cnc2c(N)ccnc21. The second-order valence-corrected chi connectivity index (χ2v) is 22.2. The van der Waals surface area contributed by atoms with Crippen molar-refractivity contribution in [2.45, 2.75) is 55.0 Å². The van der Waals surface area contributed by atoms with Crippen molar-refractivity contribution in [1.29, 1.82) is 0 Å². The minimum absolute atomic E-state index is 0.0827. The van der Waals surface area contributed by atoms with E-state index in [4.69, 9.17) is 47.6 Å². The number of aliphatic hydroxyl groups is 4. The number of nitrogen functional groups attached to an aromatic ring is 1. The zero-order valence-corrected chi connectivity index (χ0v) is 38.1. The molecule has 0 bridgehead atoms. The third kappa shape index (κ3) is 12.6. The first-order chi connectivity index (χ1) is 30.6. The molecular weight excluding hydrogens is 1040 g/mol. The number of fused-ring (bicyclic) bond motifs is 2. The highest BCUT2D eigenvalue weighted by Gasteiger charge is 2.58. The van der Waals surface area contributed by atoms with Gasteiger partial charge in [-0.1, -0.05) is 11.8 Å². The van der Waals surface area contributed by atoms with Gasteiger partial charge in [0.1, 0.15) is 35.8 Å². The van der Waals surface area contributed by atoms with Crippen LogP contribution in [-0.2, 0) is 63.2 Å². The lowest BCUT2D eigenvalue weighted by Crippen LogP contribution is -2.45. The van der Waals surface area contributed by atoms with E-state index in [1.54, 1.807) is 0 Å². The van der Waals surface area contributed by atoms with Crippen molar-refractivity contribution in [2.24, 2.45) is 0 Å². The monoisotopic (exact) mass is 1080 g/mol. The molecule has 4 aromatic heterocycles. The number of terminal acetylenes is 2. The quantitative estimate of drug-likeness (QED) is 0.0403. The molecule has 4 aromatic rings. The zero-order valence-electron chi connectivity index (χ0n) is 32.8. The molecule has 0 radical (unpaired) electrons. The Morgan fingerprint density at radius 3 is 1.55 bits per heavy atom. The number of aryl methyl sites for hydroxylation is 1. The Morgan fingerprint density at radius 2 is 1.13 bits per heavy atom. The maximum absolute atomic E-state index is 12.0. The van der Waals surface area contributed by atoms with Crippen molar-refractivity contribution in [3.8, 4) is 24.7 Å². The number of rotatable bonds is 16. The average molecular weight is 1080 g/mol. The summed E-state index contributed by atoms with van der Waals surface area (Å²) < 4.78 is 104. The molecule has 6 rings (SSSR count). The van der Waals surface area contributed by atoms with Gasteiger partial charge in [-0.25, -0.2) is 47.3 Å². The number of ether oxygens (including phenoxy) is 2. The minimum Gasteiger partial charge on any atom is -0.397 e. The van der Waals surface area contributed by atoms with E-state index >= 15 is 0 Å². The minimum atomic E-state index is -5.77. The summed E-state index contributed by atoms with van der Waals surface area (Å²) in [7, 11) is -33.7. The predicted molar refractivity (Wildman–Crippen MR) is 212 cm³/mol. The number of phosphoric acid groups is 6. The van der Waals surface area contributed by atoms with Crippen LogP contribution < -0.4 is 11.3 Å². The highest BCUT2D eigenvalue weighted by Crippen LogP contribution is 2.67. The number of nitrogens with two attached hydrogens (primary N) is 1. The molecule has 0 aliphatic carbocycles. The molecule has 35 nitrogen and oxygen atoms in total. The van der Waals surface area contributed by atoms with Crippen molar-refractivity contribution in [3.05, 3.63) is 41.1 Å². The summed E-state index contributed by atoms with van der Waals surface area (Å²) >= 11 is 0. The number of phosphoric ester groups is 2. The lowest BCUT2D eigenvalue weighted by Gasteiger charge is -2.26. The fraction of sp³-hybridized carbons (Fsp3) is 0.423. The Labute approximate surface area is 370 Å². The molecule has 0 amide bonds. The predicted octanol–water partition coefficient (Wildman–Crippen LogP) is -2.63. The number of nitrogens with one attached hydrogen (secondary N) is 1. The number of aromatic nitrogens is 7. The molecule has 0 saturated carbocycles. The van der Waals surface area contributed by atoms with Gasteiger partial charge in [-0.15, -0.1) is 12.8 Å². The summed E-state index contributed by atoms with van der Waals surface area (Å²) in [5.41, 5.74) is 0.609. The maximum atomic E-state index is 12.0. The van der Waals surface area contributed by atoms with Crippen molar-refractivity contribution in [3.63, 3.8) is 0 Å². The summed E-state index contributed by atoms with van der Waals surface area (Å²) in [4.78, 5) is 102. The van der Waals surface area contributed by atoms with Crippen LogP contribution in [0.2, 0.25) is 0 Å². The third-order valence-electron chi connectivity index (χ3n) is 8.61. The normalized spacial score (nSPS) is 29.2. The Morgan fingerprint density at radius 1 is 0.716 bits per heavy atom. The zero-order chi connectivity index (χ0) is 50.5. The molecular formula is C26H34N8O27P6. The number of anilines is 1. The molecule has 15 N–H and O–H groups in total. The molecule has 2 aliphatic rings. The van der Waals surface area contributed by atoms with Gasteiger partial charge in [-0.3, -0.25) is 23.0 Å². The lowest BCUT2D eigenvalue weighted by atomic mass is 9.95. The number of hydrogen-bond donors (Lipinski definition) is 14. The van der Waals surface area contributed by atoms with Crippen molar-refractivity contribution in [2.75, 3.05) is 18.9 Å².